The van der Waals surface area contributed by atoms with E-state index in [1.165, 1.54) is 5.56 Å². The maximum absolute atomic E-state index is 12.6. The van der Waals surface area contributed by atoms with Gasteiger partial charge in [0.2, 0.25) is 11.8 Å². The molecule has 0 radical (unpaired) electrons. The van der Waals surface area contributed by atoms with Crippen molar-refractivity contribution in [1.82, 2.24) is 5.32 Å². The van der Waals surface area contributed by atoms with Crippen molar-refractivity contribution in [2.24, 2.45) is 5.92 Å². The predicted molar refractivity (Wildman–Crippen MR) is 135 cm³/mol. The van der Waals surface area contributed by atoms with Crippen molar-refractivity contribution >= 4 is 29.1 Å². The normalized spacial score (nSPS) is 15.1. The van der Waals surface area contributed by atoms with Crippen LogP contribution in [0.15, 0.2) is 78.9 Å². The van der Waals surface area contributed by atoms with Crippen molar-refractivity contribution in [2.75, 3.05) is 23.4 Å². The third-order valence-corrected chi connectivity index (χ3v) is 5.97. The third-order valence-electron chi connectivity index (χ3n) is 5.97. The van der Waals surface area contributed by atoms with E-state index < -0.39 is 5.92 Å². The SMILES string of the molecule is CCc1ccc(NC(=O)COc2ccc(N3C[C@@H](C(=O)NCc4ccccc4)CC3=O)cc2)cc1. The van der Waals surface area contributed by atoms with Crippen LogP contribution in [0.3, 0.4) is 0 Å². The number of nitrogens with zero attached hydrogens (tertiary/aromatic N) is 1. The maximum Gasteiger partial charge on any atom is 0.262 e. The zero-order chi connectivity index (χ0) is 24.6. The van der Waals surface area contributed by atoms with Crippen molar-refractivity contribution < 1.29 is 19.1 Å². The molecule has 0 saturated carbocycles. The Morgan fingerprint density at radius 2 is 1.66 bits per heavy atom. The van der Waals surface area contributed by atoms with E-state index in [9.17, 15) is 14.4 Å². The third kappa shape index (κ3) is 6.47. The summed E-state index contributed by atoms with van der Waals surface area (Å²) < 4.78 is 5.58. The van der Waals surface area contributed by atoms with Gasteiger partial charge in [0.15, 0.2) is 6.61 Å². The van der Waals surface area contributed by atoms with Gasteiger partial charge in [0, 0.05) is 30.9 Å². The molecule has 1 fully saturated rings. The molecule has 4 rings (SSSR count). The first-order valence-corrected chi connectivity index (χ1v) is 11.8. The molecular formula is C28H29N3O4. The second kappa shape index (κ2) is 11.3. The van der Waals surface area contributed by atoms with Crippen LogP contribution in [0.4, 0.5) is 11.4 Å². The van der Waals surface area contributed by atoms with Gasteiger partial charge in [-0.25, -0.2) is 0 Å². The molecule has 3 amide bonds. The van der Waals surface area contributed by atoms with Gasteiger partial charge >= 0.3 is 0 Å². The Morgan fingerprint density at radius 1 is 0.943 bits per heavy atom. The summed E-state index contributed by atoms with van der Waals surface area (Å²) in [4.78, 5) is 38.9. The lowest BCUT2D eigenvalue weighted by Crippen LogP contribution is -2.32. The minimum atomic E-state index is -0.391. The summed E-state index contributed by atoms with van der Waals surface area (Å²) in [5, 5.41) is 5.72. The van der Waals surface area contributed by atoms with Crippen LogP contribution in [0.5, 0.6) is 5.75 Å². The average molecular weight is 472 g/mol. The molecule has 2 N–H and O–H groups in total. The first-order valence-electron chi connectivity index (χ1n) is 11.8. The standard InChI is InChI=1S/C28H29N3O4/c1-2-20-8-10-23(11-9-20)30-26(32)19-35-25-14-12-24(13-15-25)31-18-22(16-27(31)33)28(34)29-17-21-6-4-3-5-7-21/h3-15,22H,2,16-19H2,1H3,(H,29,34)(H,30,32)/t22-/m0/s1. The molecule has 1 heterocycles. The minimum absolute atomic E-state index is 0.0907. The van der Waals surface area contributed by atoms with Gasteiger partial charge < -0.3 is 20.3 Å². The van der Waals surface area contributed by atoms with E-state index in [2.05, 4.69) is 17.6 Å². The Balaban J connectivity index is 1.25. The molecule has 0 aliphatic carbocycles. The van der Waals surface area contributed by atoms with Crippen LogP contribution in [0, 0.1) is 5.92 Å². The second-order valence-electron chi connectivity index (χ2n) is 8.49. The van der Waals surface area contributed by atoms with Gasteiger partial charge in [0.05, 0.1) is 5.92 Å². The lowest BCUT2D eigenvalue weighted by atomic mass is 10.1. The van der Waals surface area contributed by atoms with E-state index >= 15 is 0 Å². The summed E-state index contributed by atoms with van der Waals surface area (Å²) in [5.41, 5.74) is 3.64. The Bertz CT molecular complexity index is 1160. The van der Waals surface area contributed by atoms with E-state index in [-0.39, 0.29) is 30.7 Å². The van der Waals surface area contributed by atoms with Crippen LogP contribution in [-0.2, 0) is 27.3 Å². The number of benzene rings is 3. The van der Waals surface area contributed by atoms with Gasteiger partial charge in [-0.05, 0) is 53.9 Å². The molecule has 180 valence electrons. The number of aryl methyl sites for hydroxylation is 1. The summed E-state index contributed by atoms with van der Waals surface area (Å²) in [6.45, 7) is 2.72. The molecule has 35 heavy (non-hydrogen) atoms. The zero-order valence-electron chi connectivity index (χ0n) is 19.7. The minimum Gasteiger partial charge on any atom is -0.484 e. The fourth-order valence-electron chi connectivity index (χ4n) is 3.95. The molecule has 7 heteroatoms. The smallest absolute Gasteiger partial charge is 0.262 e. The number of ether oxygens (including phenoxy) is 1. The highest BCUT2D eigenvalue weighted by atomic mass is 16.5. The number of hydrogen-bond acceptors (Lipinski definition) is 4. The van der Waals surface area contributed by atoms with Crippen molar-refractivity contribution in [3.05, 3.63) is 90.0 Å². The topological polar surface area (TPSA) is 87.7 Å². The maximum atomic E-state index is 12.6. The quantitative estimate of drug-likeness (QED) is 0.495. The Morgan fingerprint density at radius 3 is 2.34 bits per heavy atom. The molecule has 0 unspecified atom stereocenters. The Hall–Kier alpha value is -4.13. The van der Waals surface area contributed by atoms with E-state index in [0.29, 0.717) is 24.5 Å². The van der Waals surface area contributed by atoms with Crippen LogP contribution < -0.4 is 20.3 Å². The lowest BCUT2D eigenvalue weighted by molar-refractivity contribution is -0.126. The summed E-state index contributed by atoms with van der Waals surface area (Å²) in [6, 6.07) is 24.3. The average Bonchev–Trinajstić information content (AvgIpc) is 3.29. The fourth-order valence-corrected chi connectivity index (χ4v) is 3.95. The number of anilines is 2. The predicted octanol–water partition coefficient (Wildman–Crippen LogP) is 3.94. The first-order chi connectivity index (χ1) is 17.0. The van der Waals surface area contributed by atoms with Gasteiger partial charge in [-0.3, -0.25) is 14.4 Å². The molecule has 1 aliphatic rings. The van der Waals surface area contributed by atoms with Crippen molar-refractivity contribution in [1.29, 1.82) is 0 Å². The largest absolute Gasteiger partial charge is 0.484 e. The molecule has 0 bridgehead atoms. The summed E-state index contributed by atoms with van der Waals surface area (Å²) in [5.74, 6) is -0.337. The molecule has 0 aromatic heterocycles. The van der Waals surface area contributed by atoms with E-state index in [1.54, 1.807) is 29.2 Å². The van der Waals surface area contributed by atoms with E-state index in [1.807, 2.05) is 54.6 Å². The number of amides is 3. The van der Waals surface area contributed by atoms with Crippen LogP contribution in [0.25, 0.3) is 0 Å². The Labute approximate surface area is 205 Å². The van der Waals surface area contributed by atoms with Gasteiger partial charge in [-0.1, -0.05) is 49.4 Å². The van der Waals surface area contributed by atoms with E-state index in [4.69, 9.17) is 4.74 Å². The fraction of sp³-hybridized carbons (Fsp3) is 0.250. The second-order valence-corrected chi connectivity index (χ2v) is 8.49. The van der Waals surface area contributed by atoms with Crippen molar-refractivity contribution in [3.63, 3.8) is 0 Å². The molecule has 3 aromatic rings. The highest BCUT2D eigenvalue weighted by molar-refractivity contribution is 6.00. The van der Waals surface area contributed by atoms with Gasteiger partial charge in [0.25, 0.3) is 5.91 Å². The monoisotopic (exact) mass is 471 g/mol. The van der Waals surface area contributed by atoms with Gasteiger partial charge in [-0.15, -0.1) is 0 Å². The summed E-state index contributed by atoms with van der Waals surface area (Å²) in [6.07, 6.45) is 1.12. The molecule has 1 aliphatic heterocycles. The van der Waals surface area contributed by atoms with E-state index in [0.717, 1.165) is 17.7 Å². The van der Waals surface area contributed by atoms with Gasteiger partial charge in [0.1, 0.15) is 5.75 Å². The first kappa shape index (κ1) is 24.0. The molecule has 0 spiro atoms. The van der Waals surface area contributed by atoms with Crippen LogP contribution in [-0.4, -0.2) is 30.9 Å². The molecule has 1 saturated heterocycles. The number of carbonyl (C=O) groups is 3. The summed E-state index contributed by atoms with van der Waals surface area (Å²) >= 11 is 0. The molecule has 7 nitrogen and oxygen atoms in total. The number of rotatable bonds is 9. The number of hydrogen-bond donors (Lipinski definition) is 2. The summed E-state index contributed by atoms with van der Waals surface area (Å²) in [7, 11) is 0. The molecule has 3 aromatic carbocycles. The van der Waals surface area contributed by atoms with Gasteiger partial charge in [-0.2, -0.15) is 0 Å². The number of carbonyl (C=O) groups excluding carboxylic acids is 3. The van der Waals surface area contributed by atoms with Crippen molar-refractivity contribution in [2.45, 2.75) is 26.3 Å². The Kier molecular flexibility index (Phi) is 7.77. The van der Waals surface area contributed by atoms with Crippen LogP contribution in [0.1, 0.15) is 24.5 Å². The zero-order valence-corrected chi connectivity index (χ0v) is 19.7. The lowest BCUT2D eigenvalue weighted by Gasteiger charge is -2.17. The molecular weight excluding hydrogens is 442 g/mol. The highest BCUT2D eigenvalue weighted by Crippen LogP contribution is 2.27. The highest BCUT2D eigenvalue weighted by Gasteiger charge is 2.35. The number of nitrogens with one attached hydrogen (secondary N) is 2. The van der Waals surface area contributed by atoms with Crippen LogP contribution in [0.2, 0.25) is 0 Å². The van der Waals surface area contributed by atoms with Crippen LogP contribution >= 0.6 is 0 Å². The molecule has 1 atom stereocenters. The van der Waals surface area contributed by atoms with Crippen molar-refractivity contribution in [3.8, 4) is 5.75 Å².